The van der Waals surface area contributed by atoms with Gasteiger partial charge >= 0.3 is 0 Å². The first kappa shape index (κ1) is 12.1. The van der Waals surface area contributed by atoms with Crippen molar-refractivity contribution in [2.24, 2.45) is 5.84 Å². The Kier molecular flexibility index (Phi) is 3.09. The van der Waals surface area contributed by atoms with Crippen LogP contribution in [0.5, 0.6) is 0 Å². The van der Waals surface area contributed by atoms with E-state index < -0.39 is 0 Å². The molecule has 0 saturated carbocycles. The number of hydrazine groups is 1. The fourth-order valence-electron chi connectivity index (χ4n) is 2.23. The number of hydrogen-bond acceptors (Lipinski definition) is 5. The molecule has 0 fully saturated rings. The molecule has 2 heterocycles. The molecule has 94 valence electrons. The minimum Gasteiger partial charge on any atom is -0.308 e. The number of nitrogens with zero attached hydrogens (tertiary/aromatic N) is 2. The van der Waals surface area contributed by atoms with E-state index in [0.717, 1.165) is 45.9 Å². The van der Waals surface area contributed by atoms with Gasteiger partial charge in [0.25, 0.3) is 0 Å². The molecular weight excluding hydrogens is 312 g/mol. The molecule has 0 radical (unpaired) electrons. The van der Waals surface area contributed by atoms with Crippen LogP contribution in [0.25, 0.3) is 10.7 Å². The zero-order valence-corrected chi connectivity index (χ0v) is 12.4. The molecule has 0 aromatic carbocycles. The second kappa shape index (κ2) is 4.60. The molecule has 2 aromatic heterocycles. The standard InChI is InChI=1S/C12H13BrN4S/c1-6-8(13)5-10(18-6)12-15-9-4-2-3-7(9)11(16-12)17-14/h5H,2-4,14H2,1H3,(H,15,16,17). The van der Waals surface area contributed by atoms with Crippen molar-refractivity contribution in [3.05, 3.63) is 26.7 Å². The molecule has 0 amide bonds. The molecule has 0 aliphatic heterocycles. The number of rotatable bonds is 2. The SMILES string of the molecule is Cc1sc(-c2nc3c(c(NN)n2)CCC3)cc1Br. The van der Waals surface area contributed by atoms with Crippen LogP contribution in [0.4, 0.5) is 5.82 Å². The Balaban J connectivity index is 2.13. The average Bonchev–Trinajstić information content (AvgIpc) is 2.95. The lowest BCUT2D eigenvalue weighted by Crippen LogP contribution is -2.12. The maximum Gasteiger partial charge on any atom is 0.171 e. The fraction of sp³-hybridized carbons (Fsp3) is 0.333. The Hall–Kier alpha value is -0.980. The molecule has 0 bridgehead atoms. The van der Waals surface area contributed by atoms with Crippen LogP contribution < -0.4 is 11.3 Å². The van der Waals surface area contributed by atoms with Gasteiger partial charge in [-0.2, -0.15) is 0 Å². The number of fused-ring (bicyclic) bond motifs is 1. The highest BCUT2D eigenvalue weighted by Gasteiger charge is 2.20. The van der Waals surface area contributed by atoms with Gasteiger partial charge in [-0.25, -0.2) is 15.8 Å². The van der Waals surface area contributed by atoms with E-state index in [1.165, 1.54) is 10.4 Å². The quantitative estimate of drug-likeness (QED) is 0.658. The molecule has 0 spiro atoms. The van der Waals surface area contributed by atoms with E-state index >= 15 is 0 Å². The summed E-state index contributed by atoms with van der Waals surface area (Å²) in [5, 5.41) is 0. The third kappa shape index (κ3) is 1.94. The zero-order valence-electron chi connectivity index (χ0n) is 9.96. The Morgan fingerprint density at radius 1 is 1.39 bits per heavy atom. The van der Waals surface area contributed by atoms with E-state index in [1.54, 1.807) is 11.3 Å². The molecule has 3 N–H and O–H groups in total. The summed E-state index contributed by atoms with van der Waals surface area (Å²) in [5.74, 6) is 7.10. The molecule has 6 heteroatoms. The lowest BCUT2D eigenvalue weighted by molar-refractivity contribution is 0.900. The number of nitrogens with one attached hydrogen (secondary N) is 1. The molecule has 0 saturated heterocycles. The van der Waals surface area contributed by atoms with Gasteiger partial charge in [-0.05, 0) is 48.2 Å². The van der Waals surface area contributed by atoms with Gasteiger partial charge in [0, 0.05) is 20.6 Å². The van der Waals surface area contributed by atoms with Gasteiger partial charge in [-0.15, -0.1) is 11.3 Å². The number of anilines is 1. The summed E-state index contributed by atoms with van der Waals surface area (Å²) >= 11 is 5.22. The van der Waals surface area contributed by atoms with Crippen molar-refractivity contribution >= 4 is 33.1 Å². The predicted molar refractivity (Wildman–Crippen MR) is 77.6 cm³/mol. The lowest BCUT2D eigenvalue weighted by Gasteiger charge is -2.08. The van der Waals surface area contributed by atoms with Crippen LogP contribution >= 0.6 is 27.3 Å². The number of nitrogens with two attached hydrogens (primary N) is 1. The Morgan fingerprint density at radius 2 is 2.22 bits per heavy atom. The van der Waals surface area contributed by atoms with Crippen molar-refractivity contribution in [2.45, 2.75) is 26.2 Å². The van der Waals surface area contributed by atoms with E-state index in [4.69, 9.17) is 5.84 Å². The first-order valence-electron chi connectivity index (χ1n) is 5.81. The van der Waals surface area contributed by atoms with E-state index in [1.807, 2.05) is 0 Å². The minimum atomic E-state index is 0.766. The molecule has 4 nitrogen and oxygen atoms in total. The highest BCUT2D eigenvalue weighted by Crippen LogP contribution is 2.35. The molecule has 1 aliphatic carbocycles. The maximum absolute atomic E-state index is 5.56. The van der Waals surface area contributed by atoms with E-state index in [-0.39, 0.29) is 0 Å². The first-order chi connectivity index (χ1) is 8.69. The average molecular weight is 325 g/mol. The van der Waals surface area contributed by atoms with Gasteiger partial charge in [0.1, 0.15) is 5.82 Å². The van der Waals surface area contributed by atoms with Crippen LogP contribution in [0, 0.1) is 6.92 Å². The molecule has 2 aromatic rings. The summed E-state index contributed by atoms with van der Waals surface area (Å²) < 4.78 is 1.11. The number of aromatic nitrogens is 2. The van der Waals surface area contributed by atoms with Crippen molar-refractivity contribution in [1.29, 1.82) is 0 Å². The van der Waals surface area contributed by atoms with Crippen LogP contribution in [-0.4, -0.2) is 9.97 Å². The van der Waals surface area contributed by atoms with Gasteiger partial charge in [-0.3, -0.25) is 0 Å². The molecule has 0 unspecified atom stereocenters. The summed E-state index contributed by atoms with van der Waals surface area (Å²) in [7, 11) is 0. The smallest absolute Gasteiger partial charge is 0.171 e. The van der Waals surface area contributed by atoms with Gasteiger partial charge < -0.3 is 5.43 Å². The molecule has 3 rings (SSSR count). The highest BCUT2D eigenvalue weighted by molar-refractivity contribution is 9.10. The number of hydrogen-bond donors (Lipinski definition) is 2. The summed E-state index contributed by atoms with van der Waals surface area (Å²) in [6, 6.07) is 2.07. The van der Waals surface area contributed by atoms with Crippen LogP contribution in [0.1, 0.15) is 22.6 Å². The predicted octanol–water partition coefficient (Wildman–Crippen LogP) is 3.05. The second-order valence-corrected chi connectivity index (χ2v) is 6.44. The molecule has 1 aliphatic rings. The highest BCUT2D eigenvalue weighted by atomic mass is 79.9. The molecule has 0 atom stereocenters. The van der Waals surface area contributed by atoms with Gasteiger partial charge in [0.2, 0.25) is 0 Å². The van der Waals surface area contributed by atoms with E-state index in [9.17, 15) is 0 Å². The first-order valence-corrected chi connectivity index (χ1v) is 7.42. The van der Waals surface area contributed by atoms with Crippen molar-refractivity contribution in [2.75, 3.05) is 5.43 Å². The van der Waals surface area contributed by atoms with Crippen LogP contribution in [0.2, 0.25) is 0 Å². The van der Waals surface area contributed by atoms with Crippen molar-refractivity contribution in [1.82, 2.24) is 9.97 Å². The van der Waals surface area contributed by atoms with Crippen LogP contribution in [-0.2, 0) is 12.8 Å². The summed E-state index contributed by atoms with van der Waals surface area (Å²) in [6.45, 7) is 2.08. The molecular formula is C12H13BrN4S. The third-order valence-corrected chi connectivity index (χ3v) is 5.28. The number of nitrogen functional groups attached to an aromatic ring is 1. The van der Waals surface area contributed by atoms with Gasteiger partial charge in [0.05, 0.1) is 4.88 Å². The summed E-state index contributed by atoms with van der Waals surface area (Å²) in [4.78, 5) is 11.5. The monoisotopic (exact) mass is 324 g/mol. The molecule has 18 heavy (non-hydrogen) atoms. The number of halogens is 1. The van der Waals surface area contributed by atoms with Gasteiger partial charge in [0.15, 0.2) is 5.82 Å². The van der Waals surface area contributed by atoms with Crippen LogP contribution in [0.3, 0.4) is 0 Å². The number of aryl methyl sites for hydroxylation is 2. The normalized spacial score (nSPS) is 13.7. The zero-order chi connectivity index (χ0) is 12.7. The number of thiophene rings is 1. The van der Waals surface area contributed by atoms with Gasteiger partial charge in [-0.1, -0.05) is 0 Å². The fourth-order valence-corrected chi connectivity index (χ4v) is 3.70. The Labute approximate surface area is 118 Å². The lowest BCUT2D eigenvalue weighted by atomic mass is 10.2. The van der Waals surface area contributed by atoms with Crippen molar-refractivity contribution < 1.29 is 0 Å². The maximum atomic E-state index is 5.56. The minimum absolute atomic E-state index is 0.766. The Morgan fingerprint density at radius 3 is 2.89 bits per heavy atom. The van der Waals surface area contributed by atoms with Crippen LogP contribution in [0.15, 0.2) is 10.5 Å². The Bertz CT molecular complexity index is 589. The summed E-state index contributed by atoms with van der Waals surface area (Å²) in [6.07, 6.45) is 3.17. The largest absolute Gasteiger partial charge is 0.308 e. The topological polar surface area (TPSA) is 63.8 Å². The summed E-state index contributed by atoms with van der Waals surface area (Å²) in [5.41, 5.74) is 5.01. The second-order valence-electron chi connectivity index (χ2n) is 4.33. The van der Waals surface area contributed by atoms with Crippen molar-refractivity contribution in [3.63, 3.8) is 0 Å². The van der Waals surface area contributed by atoms with E-state index in [2.05, 4.69) is 44.3 Å². The van der Waals surface area contributed by atoms with Crippen molar-refractivity contribution in [3.8, 4) is 10.7 Å². The van der Waals surface area contributed by atoms with E-state index in [0.29, 0.717) is 0 Å². The third-order valence-electron chi connectivity index (χ3n) is 3.15.